The van der Waals surface area contributed by atoms with Gasteiger partial charge < -0.3 is 18.8 Å². The Hall–Kier alpha value is -3.93. The second-order valence-electron chi connectivity index (χ2n) is 9.39. The van der Waals surface area contributed by atoms with Gasteiger partial charge in [0.1, 0.15) is 23.1 Å². The van der Waals surface area contributed by atoms with Gasteiger partial charge in [0.2, 0.25) is 0 Å². The van der Waals surface area contributed by atoms with Gasteiger partial charge in [-0.3, -0.25) is 13.9 Å². The van der Waals surface area contributed by atoms with E-state index in [2.05, 4.69) is 9.71 Å². The summed E-state index contributed by atoms with van der Waals surface area (Å²) in [5, 5.41) is -0.122. The van der Waals surface area contributed by atoms with Crippen LogP contribution in [0.5, 0.6) is 23.0 Å². The minimum Gasteiger partial charge on any atom is -0.493 e. The Morgan fingerprint density at radius 2 is 1.40 bits per heavy atom. The topological polar surface area (TPSA) is 119 Å². The van der Waals surface area contributed by atoms with Crippen molar-refractivity contribution in [2.45, 2.75) is 65.6 Å². The molecule has 0 bridgehead atoms. The molecule has 0 spiro atoms. The molecular weight excluding hydrogens is 534 g/mol. The summed E-state index contributed by atoms with van der Waals surface area (Å²) in [6.07, 6.45) is 3.10. The number of rotatable bonds is 13. The molecule has 0 fully saturated rings. The van der Waals surface area contributed by atoms with E-state index in [0.29, 0.717) is 60.4 Å². The highest BCUT2D eigenvalue weighted by Crippen LogP contribution is 2.38. The van der Waals surface area contributed by atoms with Gasteiger partial charge >= 0.3 is 5.69 Å². The Balaban J connectivity index is 1.86. The molecule has 0 saturated carbocycles. The Kier molecular flexibility index (Phi) is 8.77. The normalized spacial score (nSPS) is 11.7. The third-order valence-electron chi connectivity index (χ3n) is 6.39. The number of hydrogen-bond donors (Lipinski definition) is 1. The van der Waals surface area contributed by atoms with Crippen molar-refractivity contribution in [3.05, 3.63) is 52.8 Å². The second kappa shape index (κ2) is 12.1. The lowest BCUT2D eigenvalue weighted by Gasteiger charge is -2.16. The summed E-state index contributed by atoms with van der Waals surface area (Å²) in [6, 6.07) is 8.55. The van der Waals surface area contributed by atoms with Crippen molar-refractivity contribution in [3.63, 3.8) is 0 Å². The lowest BCUT2D eigenvalue weighted by atomic mass is 10.2. The number of anilines is 1. The number of aryl methyl sites for hydroxylation is 4. The molecule has 4 rings (SSSR count). The van der Waals surface area contributed by atoms with Gasteiger partial charge in [0.25, 0.3) is 10.0 Å². The number of hydrogen-bond acceptors (Lipinski definition) is 7. The number of imidazole rings is 2. The molecule has 0 aliphatic rings. The summed E-state index contributed by atoms with van der Waals surface area (Å²) in [5.41, 5.74) is 1.20. The van der Waals surface area contributed by atoms with E-state index in [9.17, 15) is 13.2 Å². The van der Waals surface area contributed by atoms with Gasteiger partial charge in [0.05, 0.1) is 29.9 Å². The molecule has 12 heteroatoms. The van der Waals surface area contributed by atoms with E-state index in [0.717, 1.165) is 12.8 Å². The van der Waals surface area contributed by atoms with Gasteiger partial charge in [0, 0.05) is 50.6 Å². The van der Waals surface area contributed by atoms with E-state index in [-0.39, 0.29) is 22.2 Å². The lowest BCUT2D eigenvalue weighted by Crippen LogP contribution is -2.23. The number of fused-ring (bicyclic) bond motifs is 1. The van der Waals surface area contributed by atoms with Gasteiger partial charge in [-0.1, -0.05) is 13.8 Å². The number of aromatic nitrogens is 4. The minimum absolute atomic E-state index is 0.122. The van der Waals surface area contributed by atoms with Crippen LogP contribution >= 0.6 is 0 Å². The molecule has 2 aromatic heterocycles. The first kappa shape index (κ1) is 29.1. The first-order valence-corrected chi connectivity index (χ1v) is 15.0. The number of ether oxygens (including phenoxy) is 3. The summed E-state index contributed by atoms with van der Waals surface area (Å²) in [6.45, 7) is 11.4. The maximum Gasteiger partial charge on any atom is 0.329 e. The summed E-state index contributed by atoms with van der Waals surface area (Å²) >= 11 is 0. The highest BCUT2D eigenvalue weighted by Gasteiger charge is 2.23. The fraction of sp³-hybridized carbons (Fsp3) is 0.429. The molecule has 0 saturated heterocycles. The van der Waals surface area contributed by atoms with Crippen LogP contribution in [0.2, 0.25) is 0 Å². The van der Waals surface area contributed by atoms with Crippen LogP contribution in [0, 0.1) is 6.92 Å². The Morgan fingerprint density at radius 1 is 0.850 bits per heavy atom. The predicted molar refractivity (Wildman–Crippen MR) is 154 cm³/mol. The zero-order valence-corrected chi connectivity index (χ0v) is 24.7. The molecule has 0 aliphatic carbocycles. The molecule has 2 heterocycles. The third-order valence-corrected chi connectivity index (χ3v) is 7.62. The molecular formula is C28H37N5O6S. The van der Waals surface area contributed by atoms with Crippen LogP contribution < -0.4 is 24.6 Å². The number of nitrogens with one attached hydrogen (secondary N) is 1. The summed E-state index contributed by atoms with van der Waals surface area (Å²) in [5.74, 6) is 2.30. The van der Waals surface area contributed by atoms with Crippen LogP contribution in [0.1, 0.15) is 46.4 Å². The maximum absolute atomic E-state index is 13.4. The smallest absolute Gasteiger partial charge is 0.329 e. The molecule has 2 aromatic carbocycles. The lowest BCUT2D eigenvalue weighted by molar-refractivity contribution is 0.299. The average molecular weight is 572 g/mol. The summed E-state index contributed by atoms with van der Waals surface area (Å²) < 4.78 is 52.3. The van der Waals surface area contributed by atoms with Gasteiger partial charge in [-0.05, 0) is 39.7 Å². The van der Waals surface area contributed by atoms with Crippen molar-refractivity contribution in [2.75, 3.05) is 17.9 Å². The third kappa shape index (κ3) is 5.96. The molecule has 0 atom stereocenters. The van der Waals surface area contributed by atoms with Crippen LogP contribution in [0.4, 0.5) is 5.69 Å². The second-order valence-corrected chi connectivity index (χ2v) is 11.0. The fourth-order valence-electron chi connectivity index (χ4n) is 4.31. The van der Waals surface area contributed by atoms with Gasteiger partial charge in [-0.15, -0.1) is 0 Å². The summed E-state index contributed by atoms with van der Waals surface area (Å²) in [7, 11) is -2.35. The molecule has 0 radical (unpaired) electrons. The first-order chi connectivity index (χ1) is 19.1. The van der Waals surface area contributed by atoms with Crippen molar-refractivity contribution in [1.82, 2.24) is 18.7 Å². The van der Waals surface area contributed by atoms with Crippen molar-refractivity contribution >= 4 is 26.7 Å². The molecule has 0 aliphatic heterocycles. The molecule has 4 aromatic rings. The van der Waals surface area contributed by atoms with E-state index < -0.39 is 10.0 Å². The van der Waals surface area contributed by atoms with E-state index in [4.69, 9.17) is 14.2 Å². The molecule has 40 heavy (non-hydrogen) atoms. The zero-order valence-electron chi connectivity index (χ0n) is 23.9. The monoisotopic (exact) mass is 571 g/mol. The van der Waals surface area contributed by atoms with E-state index in [1.807, 2.05) is 27.7 Å². The molecule has 216 valence electrons. The molecule has 11 nitrogen and oxygen atoms in total. The highest BCUT2D eigenvalue weighted by molar-refractivity contribution is 7.92. The van der Waals surface area contributed by atoms with Crippen molar-refractivity contribution in [3.8, 4) is 23.0 Å². The zero-order chi connectivity index (χ0) is 29.0. The summed E-state index contributed by atoms with van der Waals surface area (Å²) in [4.78, 5) is 17.2. The minimum atomic E-state index is -4.07. The van der Waals surface area contributed by atoms with E-state index in [1.54, 1.807) is 58.0 Å². The molecule has 0 unspecified atom stereocenters. The SMILES string of the molecule is CCCOc1cc(OCCC)cc(Oc2cc3c(cc2NS(=O)(=O)c2cn(C)c(C)n2)n(CC)c(=O)n3CC)c1. The number of nitrogens with zero attached hydrogens (tertiary/aromatic N) is 4. The number of sulfonamides is 1. The van der Waals surface area contributed by atoms with Crippen LogP contribution in [0.3, 0.4) is 0 Å². The van der Waals surface area contributed by atoms with Gasteiger partial charge in [-0.25, -0.2) is 9.78 Å². The standard InChI is InChI=1S/C28H37N5O6S/c1-7-11-37-20-13-21(38-12-8-2)15-22(14-20)39-26-17-25-24(32(9-3)28(34)33(25)10-4)16-23(26)30-40(35,36)27-18-31(6)19(5)29-27/h13-18,30H,7-12H2,1-6H3. The highest BCUT2D eigenvalue weighted by atomic mass is 32.2. The first-order valence-electron chi connectivity index (χ1n) is 13.5. The predicted octanol–water partition coefficient (Wildman–Crippen LogP) is 5.06. The molecule has 0 amide bonds. The van der Waals surface area contributed by atoms with Crippen molar-refractivity contribution in [1.29, 1.82) is 0 Å². The fourth-order valence-corrected chi connectivity index (χ4v) is 5.41. The Labute approximate surface area is 234 Å². The van der Waals surface area contributed by atoms with Crippen molar-refractivity contribution < 1.29 is 22.6 Å². The number of benzene rings is 2. The van der Waals surface area contributed by atoms with Crippen LogP contribution in [0.15, 0.2) is 46.3 Å². The maximum atomic E-state index is 13.4. The quantitative estimate of drug-likeness (QED) is 0.238. The average Bonchev–Trinajstić information content (AvgIpc) is 3.40. The Bertz CT molecular complexity index is 1620. The van der Waals surface area contributed by atoms with E-state index >= 15 is 0 Å². The van der Waals surface area contributed by atoms with Crippen LogP contribution in [-0.4, -0.2) is 40.3 Å². The van der Waals surface area contributed by atoms with E-state index in [1.165, 1.54) is 6.20 Å². The van der Waals surface area contributed by atoms with Crippen LogP contribution in [0.25, 0.3) is 11.0 Å². The molecule has 1 N–H and O–H groups in total. The Morgan fingerprint density at radius 3 is 1.90 bits per heavy atom. The van der Waals surface area contributed by atoms with Gasteiger partial charge in [-0.2, -0.15) is 8.42 Å². The van der Waals surface area contributed by atoms with Gasteiger partial charge in [0.15, 0.2) is 10.8 Å². The van der Waals surface area contributed by atoms with Crippen molar-refractivity contribution in [2.24, 2.45) is 7.05 Å². The van der Waals surface area contributed by atoms with Crippen LogP contribution in [-0.2, 0) is 30.2 Å². The largest absolute Gasteiger partial charge is 0.493 e.